The van der Waals surface area contributed by atoms with Crippen molar-refractivity contribution in [1.82, 2.24) is 10.6 Å². The topological polar surface area (TPSA) is 73.4 Å². The predicted octanol–water partition coefficient (Wildman–Crippen LogP) is 5.41. The van der Waals surface area contributed by atoms with Crippen molar-refractivity contribution in [1.29, 1.82) is 0 Å². The van der Waals surface area contributed by atoms with Gasteiger partial charge >= 0.3 is 24.6 Å². The van der Waals surface area contributed by atoms with Crippen molar-refractivity contribution >= 4 is 11.7 Å². The molecule has 0 aliphatic heterocycles. The van der Waals surface area contributed by atoms with Gasteiger partial charge in [-0.2, -0.15) is 39.5 Å². The Balaban J connectivity index is 2.36. The molecule has 0 aromatic heterocycles. The SMILES string of the molecule is CCNC(=O)NCc1ccc(NC[C@](O)(c2cccc(C(F)(F)F)c2)C(F)(F)F)cc1C(F)(F)F. The summed E-state index contributed by atoms with van der Waals surface area (Å²) in [7, 11) is 0. The molecule has 0 unspecified atom stereocenters. The minimum atomic E-state index is -5.48. The molecule has 0 saturated heterocycles. The van der Waals surface area contributed by atoms with Crippen LogP contribution in [0.4, 0.5) is 50.0 Å². The fraction of sp³-hybridized carbons (Fsp3) is 0.381. The maximum absolute atomic E-state index is 13.7. The van der Waals surface area contributed by atoms with Gasteiger partial charge in [-0.15, -0.1) is 0 Å². The molecule has 14 heteroatoms. The lowest BCUT2D eigenvalue weighted by atomic mass is 9.91. The van der Waals surface area contributed by atoms with Crippen LogP contribution < -0.4 is 16.0 Å². The van der Waals surface area contributed by atoms with Gasteiger partial charge in [0.2, 0.25) is 5.60 Å². The molecule has 0 saturated carbocycles. The Morgan fingerprint density at radius 2 is 1.49 bits per heavy atom. The molecule has 1 atom stereocenters. The van der Waals surface area contributed by atoms with Crippen LogP contribution in [-0.4, -0.2) is 30.4 Å². The van der Waals surface area contributed by atoms with Crippen LogP contribution in [0.25, 0.3) is 0 Å². The van der Waals surface area contributed by atoms with Crippen molar-refractivity contribution in [2.45, 2.75) is 37.6 Å². The third-order valence-corrected chi connectivity index (χ3v) is 4.88. The highest BCUT2D eigenvalue weighted by Crippen LogP contribution is 2.41. The van der Waals surface area contributed by atoms with Crippen LogP contribution in [0.1, 0.15) is 29.2 Å². The van der Waals surface area contributed by atoms with Crippen LogP contribution in [0, 0.1) is 0 Å². The molecule has 0 aliphatic carbocycles. The van der Waals surface area contributed by atoms with Gasteiger partial charge in [0.1, 0.15) is 0 Å². The van der Waals surface area contributed by atoms with Crippen molar-refractivity contribution in [2.24, 2.45) is 0 Å². The van der Waals surface area contributed by atoms with Crippen LogP contribution in [0.5, 0.6) is 0 Å². The summed E-state index contributed by atoms with van der Waals surface area (Å²) in [5.74, 6) is 0. The van der Waals surface area contributed by atoms with Crippen molar-refractivity contribution < 1.29 is 49.4 Å². The number of hydrogen-bond donors (Lipinski definition) is 4. The first-order valence-electron chi connectivity index (χ1n) is 9.91. The van der Waals surface area contributed by atoms with Gasteiger partial charge in [-0.1, -0.05) is 18.2 Å². The van der Waals surface area contributed by atoms with Crippen molar-refractivity contribution in [3.63, 3.8) is 0 Å². The van der Waals surface area contributed by atoms with Gasteiger partial charge in [0.05, 0.1) is 17.7 Å². The molecule has 194 valence electrons. The van der Waals surface area contributed by atoms with Crippen molar-refractivity contribution in [3.05, 3.63) is 64.7 Å². The molecule has 2 rings (SSSR count). The standard InChI is InChI=1S/C21H20F9N3O2/c1-2-31-17(34)32-10-12-6-7-15(9-16(12)20(25,26)27)33-11-18(35,21(28,29)30)13-4-3-5-14(8-13)19(22,23)24/h3-9,33,35H,2,10-11H2,1H3,(H2,31,32,34)/t18-/m0/s1. The summed E-state index contributed by atoms with van der Waals surface area (Å²) in [5, 5.41) is 16.9. The van der Waals surface area contributed by atoms with Crippen molar-refractivity contribution in [3.8, 4) is 0 Å². The second-order valence-electron chi connectivity index (χ2n) is 7.37. The molecular formula is C21H20F9N3O2. The highest BCUT2D eigenvalue weighted by molar-refractivity contribution is 5.73. The van der Waals surface area contributed by atoms with E-state index in [1.807, 2.05) is 5.32 Å². The zero-order valence-corrected chi connectivity index (χ0v) is 17.9. The van der Waals surface area contributed by atoms with Gasteiger partial charge in [-0.05, 0) is 42.3 Å². The van der Waals surface area contributed by atoms with E-state index in [0.717, 1.165) is 12.1 Å². The van der Waals surface area contributed by atoms with E-state index < -0.39 is 71.2 Å². The highest BCUT2D eigenvalue weighted by atomic mass is 19.4. The number of amides is 2. The number of benzene rings is 2. The van der Waals surface area contributed by atoms with Gasteiger partial charge in [-0.3, -0.25) is 0 Å². The van der Waals surface area contributed by atoms with Crippen LogP contribution in [0.15, 0.2) is 42.5 Å². The zero-order chi connectivity index (χ0) is 26.7. The summed E-state index contributed by atoms with van der Waals surface area (Å²) in [6.45, 7) is -0.221. The number of rotatable bonds is 7. The number of urea groups is 1. The van der Waals surface area contributed by atoms with E-state index in [9.17, 15) is 49.4 Å². The fourth-order valence-electron chi connectivity index (χ4n) is 3.05. The van der Waals surface area contributed by atoms with Gasteiger partial charge in [0.15, 0.2) is 0 Å². The molecule has 0 heterocycles. The van der Waals surface area contributed by atoms with Gasteiger partial charge in [0, 0.05) is 18.8 Å². The Kier molecular flexibility index (Phi) is 8.20. The summed E-state index contributed by atoms with van der Waals surface area (Å²) in [5.41, 5.74) is -8.60. The molecular weight excluding hydrogens is 497 g/mol. The molecule has 2 aromatic carbocycles. The normalized spacial score (nSPS) is 14.3. The minimum Gasteiger partial charge on any atom is -0.381 e. The van der Waals surface area contributed by atoms with Crippen LogP contribution in [0.2, 0.25) is 0 Å². The second kappa shape index (κ2) is 10.2. The van der Waals surface area contributed by atoms with Crippen LogP contribution in [0.3, 0.4) is 0 Å². The molecule has 0 bridgehead atoms. The lowest BCUT2D eigenvalue weighted by Crippen LogP contribution is -2.48. The Labute approximate surface area is 193 Å². The zero-order valence-electron chi connectivity index (χ0n) is 17.9. The van der Waals surface area contributed by atoms with E-state index in [4.69, 9.17) is 0 Å². The Hall–Kier alpha value is -3.16. The van der Waals surface area contributed by atoms with E-state index in [0.29, 0.717) is 24.3 Å². The lowest BCUT2D eigenvalue weighted by Gasteiger charge is -2.32. The molecule has 4 N–H and O–H groups in total. The average molecular weight is 517 g/mol. The molecule has 0 fully saturated rings. The van der Waals surface area contributed by atoms with Gasteiger partial charge in [-0.25, -0.2) is 4.79 Å². The summed E-state index contributed by atoms with van der Waals surface area (Å²) < 4.78 is 120. The number of hydrogen-bond acceptors (Lipinski definition) is 3. The van der Waals surface area contributed by atoms with Gasteiger partial charge in [0.25, 0.3) is 0 Å². The molecule has 0 radical (unpaired) electrons. The number of halogens is 9. The third-order valence-electron chi connectivity index (χ3n) is 4.88. The van der Waals surface area contributed by atoms with E-state index in [1.54, 1.807) is 6.92 Å². The molecule has 0 aliphatic rings. The van der Waals surface area contributed by atoms with E-state index in [2.05, 4.69) is 10.6 Å². The smallest absolute Gasteiger partial charge is 0.381 e. The monoisotopic (exact) mass is 517 g/mol. The minimum absolute atomic E-state index is 0.117. The average Bonchev–Trinajstić information content (AvgIpc) is 2.74. The van der Waals surface area contributed by atoms with E-state index in [-0.39, 0.29) is 12.6 Å². The number of anilines is 1. The van der Waals surface area contributed by atoms with E-state index in [1.165, 1.54) is 0 Å². The van der Waals surface area contributed by atoms with Crippen LogP contribution >= 0.6 is 0 Å². The maximum Gasteiger partial charge on any atom is 0.423 e. The van der Waals surface area contributed by atoms with Gasteiger partial charge < -0.3 is 21.1 Å². The summed E-state index contributed by atoms with van der Waals surface area (Å²) in [6, 6.07) is 3.55. The summed E-state index contributed by atoms with van der Waals surface area (Å²) in [4.78, 5) is 11.5. The number of alkyl halides is 9. The molecule has 2 aromatic rings. The Bertz CT molecular complexity index is 1040. The first-order valence-corrected chi connectivity index (χ1v) is 9.91. The number of carbonyl (C=O) groups excluding carboxylic acids is 1. The third kappa shape index (κ3) is 6.93. The predicted molar refractivity (Wildman–Crippen MR) is 107 cm³/mol. The molecule has 35 heavy (non-hydrogen) atoms. The number of aliphatic hydroxyl groups is 1. The molecule has 0 spiro atoms. The molecule has 2 amide bonds. The largest absolute Gasteiger partial charge is 0.423 e. The summed E-state index contributed by atoms with van der Waals surface area (Å²) in [6.07, 6.45) is -15.4. The first-order chi connectivity index (χ1) is 16.0. The second-order valence-corrected chi connectivity index (χ2v) is 7.37. The molecule has 5 nitrogen and oxygen atoms in total. The summed E-state index contributed by atoms with van der Waals surface area (Å²) >= 11 is 0. The van der Waals surface area contributed by atoms with Crippen molar-refractivity contribution in [2.75, 3.05) is 18.4 Å². The Morgan fingerprint density at radius 3 is 2.03 bits per heavy atom. The quantitative estimate of drug-likeness (QED) is 0.372. The fourth-order valence-corrected chi connectivity index (χ4v) is 3.05. The number of nitrogens with one attached hydrogen (secondary N) is 3. The lowest BCUT2D eigenvalue weighted by molar-refractivity contribution is -0.260. The number of carbonyl (C=O) groups is 1. The van der Waals surface area contributed by atoms with E-state index >= 15 is 0 Å². The Morgan fingerprint density at radius 1 is 0.857 bits per heavy atom. The maximum atomic E-state index is 13.7. The van der Waals surface area contributed by atoms with Crippen LogP contribution in [-0.2, 0) is 24.5 Å². The highest BCUT2D eigenvalue weighted by Gasteiger charge is 2.55. The first kappa shape index (κ1) is 28.1.